The van der Waals surface area contributed by atoms with Crippen LogP contribution < -0.4 is 15.0 Å². The van der Waals surface area contributed by atoms with E-state index in [0.29, 0.717) is 64.3 Å². The molecule has 0 spiro atoms. The molecule has 0 amide bonds. The molecular weight excluding hydrogens is 560 g/mol. The van der Waals surface area contributed by atoms with Crippen molar-refractivity contribution < 1.29 is 18.6 Å². The van der Waals surface area contributed by atoms with Crippen LogP contribution in [-0.4, -0.2) is 76.6 Å². The van der Waals surface area contributed by atoms with Crippen molar-refractivity contribution >= 4 is 39.0 Å². The Bertz CT molecular complexity index is 1710. The molecule has 4 aliphatic rings. The SMILES string of the molecule is Oc1cc(-c2ncc3c(N4C[C@H]5CC[C@@H](C4)N5)cc(OC[C@@]45CCCN4C[C@H](F)C5)nc3c2F)c2c(Cl)cccc2c1. The van der Waals surface area contributed by atoms with Gasteiger partial charge >= 0.3 is 0 Å². The van der Waals surface area contributed by atoms with Crippen LogP contribution in [0.1, 0.15) is 32.1 Å². The van der Waals surface area contributed by atoms with Gasteiger partial charge in [0.25, 0.3) is 0 Å². The number of rotatable bonds is 5. The Hall–Kier alpha value is -3.27. The molecule has 4 saturated heterocycles. The number of aromatic hydroxyl groups is 1. The van der Waals surface area contributed by atoms with E-state index in [-0.39, 0.29) is 22.5 Å². The van der Waals surface area contributed by atoms with Crippen molar-refractivity contribution in [3.05, 3.63) is 53.4 Å². The number of benzene rings is 2. The number of nitrogens with one attached hydrogen (secondary N) is 1. The zero-order valence-electron chi connectivity index (χ0n) is 23.1. The standard InChI is InChI=1S/C32H32ClF2N5O2/c33-25-4-1-3-18-9-22(41)10-23(28(18)25)30-29(35)31-24(13-36-30)26(39-15-20-5-6-21(16-39)37-20)11-27(38-31)42-17-32-7-2-8-40(32)14-19(34)12-32/h1,3-4,9-11,13,19-21,37,41H,2,5-8,12,14-17H2/t19-,20-,21+,32+/m1/s1. The Labute approximate surface area is 247 Å². The summed E-state index contributed by atoms with van der Waals surface area (Å²) in [5, 5.41) is 16.5. The molecule has 42 heavy (non-hydrogen) atoms. The largest absolute Gasteiger partial charge is 0.508 e. The average molecular weight is 592 g/mol. The van der Waals surface area contributed by atoms with Gasteiger partial charge in [0.2, 0.25) is 5.88 Å². The number of piperazine rings is 1. The predicted octanol–water partition coefficient (Wildman–Crippen LogP) is 5.84. The first-order chi connectivity index (χ1) is 20.4. The van der Waals surface area contributed by atoms with E-state index in [2.05, 4.69) is 20.1 Å². The second kappa shape index (κ2) is 9.89. The molecule has 7 nitrogen and oxygen atoms in total. The lowest BCUT2D eigenvalue weighted by Crippen LogP contribution is -2.51. The number of halogens is 3. The summed E-state index contributed by atoms with van der Waals surface area (Å²) < 4.78 is 37.4. The number of hydrogen-bond donors (Lipinski definition) is 2. The quantitative estimate of drug-likeness (QED) is 0.302. The fraction of sp³-hybridized carbons (Fsp3) is 0.438. The number of hydrogen-bond acceptors (Lipinski definition) is 7. The fourth-order valence-corrected chi connectivity index (χ4v) is 8.12. The molecule has 2 N–H and O–H groups in total. The zero-order chi connectivity index (χ0) is 28.6. The number of phenols is 1. The Morgan fingerprint density at radius 2 is 1.98 bits per heavy atom. The number of alkyl halides is 1. The van der Waals surface area contributed by atoms with Crippen molar-refractivity contribution in [3.8, 4) is 22.9 Å². The maximum Gasteiger partial charge on any atom is 0.216 e. The summed E-state index contributed by atoms with van der Waals surface area (Å²) in [6, 6.07) is 11.1. The first-order valence-corrected chi connectivity index (χ1v) is 15.2. The second-order valence-electron chi connectivity index (χ2n) is 12.4. The number of anilines is 1. The summed E-state index contributed by atoms with van der Waals surface area (Å²) in [6.07, 6.45) is 5.36. The van der Waals surface area contributed by atoms with Crippen LogP contribution in [0.25, 0.3) is 32.9 Å². The van der Waals surface area contributed by atoms with E-state index in [1.54, 1.807) is 24.4 Å². The molecule has 4 aliphatic heterocycles. The van der Waals surface area contributed by atoms with Crippen LogP contribution in [0.2, 0.25) is 5.02 Å². The molecule has 4 atom stereocenters. The molecule has 8 rings (SSSR count). The number of ether oxygens (including phenoxy) is 1. The lowest BCUT2D eigenvalue weighted by atomic mass is 9.95. The van der Waals surface area contributed by atoms with Crippen LogP contribution in [0, 0.1) is 5.82 Å². The summed E-state index contributed by atoms with van der Waals surface area (Å²) in [4.78, 5) is 13.8. The molecule has 0 aliphatic carbocycles. The van der Waals surface area contributed by atoms with Crippen molar-refractivity contribution in [1.82, 2.24) is 20.2 Å². The van der Waals surface area contributed by atoms with Gasteiger partial charge in [-0.2, -0.15) is 0 Å². The maximum atomic E-state index is 16.7. The molecular formula is C32H32ClF2N5O2. The minimum atomic E-state index is -0.861. The van der Waals surface area contributed by atoms with Crippen LogP contribution in [0.4, 0.5) is 14.5 Å². The molecule has 2 aromatic heterocycles. The fourth-order valence-electron chi connectivity index (χ4n) is 7.84. The molecule has 2 aromatic carbocycles. The summed E-state index contributed by atoms with van der Waals surface area (Å²) in [7, 11) is 0. The minimum Gasteiger partial charge on any atom is -0.508 e. The summed E-state index contributed by atoms with van der Waals surface area (Å²) >= 11 is 6.57. The minimum absolute atomic E-state index is 0.00816. The molecule has 4 aromatic rings. The Balaban J connectivity index is 1.26. The second-order valence-corrected chi connectivity index (χ2v) is 12.8. The monoisotopic (exact) mass is 591 g/mol. The van der Waals surface area contributed by atoms with Gasteiger partial charge < -0.3 is 20.1 Å². The van der Waals surface area contributed by atoms with E-state index in [4.69, 9.17) is 21.3 Å². The average Bonchev–Trinajstić information content (AvgIpc) is 3.61. The molecule has 10 heteroatoms. The highest BCUT2D eigenvalue weighted by molar-refractivity contribution is 6.36. The van der Waals surface area contributed by atoms with Crippen LogP contribution >= 0.6 is 11.6 Å². The highest BCUT2D eigenvalue weighted by atomic mass is 35.5. The van der Waals surface area contributed by atoms with Crippen molar-refractivity contribution in [2.75, 3.05) is 37.7 Å². The van der Waals surface area contributed by atoms with Gasteiger partial charge in [-0.1, -0.05) is 23.7 Å². The molecule has 0 unspecified atom stereocenters. The predicted molar refractivity (Wildman–Crippen MR) is 160 cm³/mol. The molecule has 218 valence electrons. The third-order valence-corrected chi connectivity index (χ3v) is 10.0. The van der Waals surface area contributed by atoms with Crippen molar-refractivity contribution in [2.24, 2.45) is 0 Å². The van der Waals surface area contributed by atoms with Gasteiger partial charge in [-0.05, 0) is 55.8 Å². The van der Waals surface area contributed by atoms with Crippen molar-refractivity contribution in [2.45, 2.75) is 55.9 Å². The lowest BCUT2D eigenvalue weighted by molar-refractivity contribution is 0.111. The third-order valence-electron chi connectivity index (χ3n) is 9.72. The Kier molecular flexibility index (Phi) is 6.21. The summed E-state index contributed by atoms with van der Waals surface area (Å²) in [5.41, 5.74) is 1.09. The number of pyridine rings is 2. The van der Waals surface area contributed by atoms with Crippen molar-refractivity contribution in [3.63, 3.8) is 0 Å². The van der Waals surface area contributed by atoms with Crippen LogP contribution in [-0.2, 0) is 0 Å². The molecule has 6 heterocycles. The molecule has 0 saturated carbocycles. The molecule has 2 bridgehead atoms. The maximum absolute atomic E-state index is 16.7. The van der Waals surface area contributed by atoms with Crippen LogP contribution in [0.15, 0.2) is 42.6 Å². The van der Waals surface area contributed by atoms with E-state index in [1.165, 1.54) is 6.07 Å². The number of phenolic OH excluding ortho intramolecular Hbond substituents is 1. The van der Waals surface area contributed by atoms with Gasteiger partial charge in [0.1, 0.15) is 29.7 Å². The Morgan fingerprint density at radius 1 is 1.14 bits per heavy atom. The van der Waals surface area contributed by atoms with E-state index >= 15 is 4.39 Å². The normalized spacial score (nSPS) is 27.3. The van der Waals surface area contributed by atoms with Crippen molar-refractivity contribution in [1.29, 1.82) is 0 Å². The van der Waals surface area contributed by atoms with Gasteiger partial charge in [-0.25, -0.2) is 13.8 Å². The summed E-state index contributed by atoms with van der Waals surface area (Å²) in [5.74, 6) is -0.289. The van der Waals surface area contributed by atoms with Gasteiger partial charge in [-0.3, -0.25) is 9.88 Å². The lowest BCUT2D eigenvalue weighted by Gasteiger charge is -2.35. The Morgan fingerprint density at radius 3 is 2.81 bits per heavy atom. The molecule has 4 fully saturated rings. The van der Waals surface area contributed by atoms with Crippen LogP contribution in [0.5, 0.6) is 11.6 Å². The number of nitrogens with zero attached hydrogens (tertiary/aromatic N) is 4. The summed E-state index contributed by atoms with van der Waals surface area (Å²) in [6.45, 7) is 3.21. The van der Waals surface area contributed by atoms with E-state index in [9.17, 15) is 9.50 Å². The smallest absolute Gasteiger partial charge is 0.216 e. The van der Waals surface area contributed by atoms with Gasteiger partial charge in [0, 0.05) is 71.8 Å². The van der Waals surface area contributed by atoms with Crippen LogP contribution in [0.3, 0.4) is 0 Å². The van der Waals surface area contributed by atoms with Gasteiger partial charge in [0.05, 0.1) is 11.2 Å². The highest BCUT2D eigenvalue weighted by Crippen LogP contribution is 2.43. The zero-order valence-corrected chi connectivity index (χ0v) is 23.9. The number of fused-ring (bicyclic) bond motifs is 5. The van der Waals surface area contributed by atoms with E-state index in [1.807, 2.05) is 12.1 Å². The topological polar surface area (TPSA) is 73.8 Å². The third kappa shape index (κ3) is 4.28. The van der Waals surface area contributed by atoms with E-state index < -0.39 is 12.0 Å². The first kappa shape index (κ1) is 26.4. The number of aromatic nitrogens is 2. The first-order valence-electron chi connectivity index (χ1n) is 14.8. The van der Waals surface area contributed by atoms with Gasteiger partial charge in [0.15, 0.2) is 5.82 Å². The van der Waals surface area contributed by atoms with Gasteiger partial charge in [-0.15, -0.1) is 0 Å². The molecule has 0 radical (unpaired) electrons. The van der Waals surface area contributed by atoms with E-state index in [0.717, 1.165) is 51.0 Å². The highest BCUT2D eigenvalue weighted by Gasteiger charge is 2.49.